The van der Waals surface area contributed by atoms with Gasteiger partial charge in [-0.2, -0.15) is 0 Å². The molecule has 3 aliphatic rings. The molecule has 0 unspecified atom stereocenters. The topological polar surface area (TPSA) is 26.3 Å². The number of esters is 1. The van der Waals surface area contributed by atoms with Crippen molar-refractivity contribution in [3.63, 3.8) is 0 Å². The van der Waals surface area contributed by atoms with Crippen molar-refractivity contribution in [1.29, 1.82) is 0 Å². The lowest BCUT2D eigenvalue weighted by atomic mass is 9.76. The quantitative estimate of drug-likeness (QED) is 0.485. The number of fused-ring (bicyclic) bond motifs is 2. The number of hydrogen-bond acceptors (Lipinski definition) is 2. The van der Waals surface area contributed by atoms with Gasteiger partial charge in [0.05, 0.1) is 0 Å². The average molecular weight is 437 g/mol. The van der Waals surface area contributed by atoms with Gasteiger partial charge in [-0.25, -0.2) is 0 Å². The van der Waals surface area contributed by atoms with E-state index >= 15 is 0 Å². The summed E-state index contributed by atoms with van der Waals surface area (Å²) in [5.41, 5.74) is 1.15. The molecule has 0 radical (unpaired) electrons. The van der Waals surface area contributed by atoms with Crippen LogP contribution in [-0.4, -0.2) is 16.4 Å². The molecule has 2 bridgehead atoms. The predicted molar refractivity (Wildman–Crippen MR) is 80.0 cm³/mol. The second kappa shape index (κ2) is 4.46. The SMILES string of the molecule is O=C1O[C@H]2C[C@H](c3ccc(Br)cc3)[C@]1(Br)C=C2Br. The zero-order valence-corrected chi connectivity index (χ0v) is 14.0. The highest BCUT2D eigenvalue weighted by atomic mass is 79.9. The highest BCUT2D eigenvalue weighted by Gasteiger charge is 2.54. The summed E-state index contributed by atoms with van der Waals surface area (Å²) in [7, 11) is 0. The largest absolute Gasteiger partial charge is 0.456 e. The minimum Gasteiger partial charge on any atom is -0.456 e. The molecule has 3 atom stereocenters. The Morgan fingerprint density at radius 1 is 1.22 bits per heavy atom. The highest BCUT2D eigenvalue weighted by molar-refractivity contribution is 9.12. The zero-order chi connectivity index (χ0) is 12.9. The molecule has 5 heteroatoms. The summed E-state index contributed by atoms with van der Waals surface area (Å²) < 4.78 is 6.61. The second-order valence-electron chi connectivity index (χ2n) is 4.53. The fourth-order valence-corrected chi connectivity index (χ4v) is 4.50. The first kappa shape index (κ1) is 12.9. The number of alkyl halides is 1. The Balaban J connectivity index is 2.05. The maximum absolute atomic E-state index is 12.0. The van der Waals surface area contributed by atoms with Gasteiger partial charge in [-0.1, -0.05) is 59.9 Å². The first-order valence-electron chi connectivity index (χ1n) is 5.54. The summed E-state index contributed by atoms with van der Waals surface area (Å²) in [6.07, 6.45) is 2.58. The van der Waals surface area contributed by atoms with Crippen LogP contribution in [0.4, 0.5) is 0 Å². The van der Waals surface area contributed by atoms with E-state index in [1.54, 1.807) is 0 Å². The van der Waals surface area contributed by atoms with Gasteiger partial charge < -0.3 is 4.74 Å². The number of halogens is 3. The molecule has 1 aromatic carbocycles. The third kappa shape index (κ3) is 1.91. The van der Waals surface area contributed by atoms with Gasteiger partial charge in [-0.3, -0.25) is 4.79 Å². The maximum Gasteiger partial charge on any atom is 0.328 e. The van der Waals surface area contributed by atoms with Crippen molar-refractivity contribution in [2.75, 3.05) is 0 Å². The van der Waals surface area contributed by atoms with Gasteiger partial charge in [0.1, 0.15) is 10.4 Å². The van der Waals surface area contributed by atoms with E-state index in [2.05, 4.69) is 47.8 Å². The van der Waals surface area contributed by atoms with Crippen LogP contribution in [0.25, 0.3) is 0 Å². The van der Waals surface area contributed by atoms with Crippen LogP contribution in [0.3, 0.4) is 0 Å². The van der Waals surface area contributed by atoms with Crippen molar-refractivity contribution in [3.05, 3.63) is 44.9 Å². The lowest BCUT2D eigenvalue weighted by Crippen LogP contribution is -2.50. The molecule has 2 heterocycles. The summed E-state index contributed by atoms with van der Waals surface area (Å²) in [6, 6.07) is 8.09. The van der Waals surface area contributed by atoms with Gasteiger partial charge in [0.2, 0.25) is 0 Å². The van der Waals surface area contributed by atoms with Crippen molar-refractivity contribution in [2.24, 2.45) is 0 Å². The van der Waals surface area contributed by atoms with Crippen LogP contribution in [0.15, 0.2) is 39.3 Å². The van der Waals surface area contributed by atoms with Gasteiger partial charge in [0.15, 0.2) is 0 Å². The fraction of sp³-hybridized carbons (Fsp3) is 0.308. The maximum atomic E-state index is 12.0. The minimum atomic E-state index is -0.742. The van der Waals surface area contributed by atoms with Gasteiger partial charge in [-0.05, 0) is 30.2 Å². The van der Waals surface area contributed by atoms with E-state index in [1.165, 1.54) is 0 Å². The molecule has 0 amide bonds. The van der Waals surface area contributed by atoms with E-state index in [0.717, 1.165) is 20.9 Å². The molecule has 4 rings (SSSR count). The van der Waals surface area contributed by atoms with Crippen LogP contribution < -0.4 is 0 Å². The van der Waals surface area contributed by atoms with Crippen molar-refractivity contribution < 1.29 is 9.53 Å². The zero-order valence-electron chi connectivity index (χ0n) is 9.20. The first-order valence-corrected chi connectivity index (χ1v) is 7.92. The average Bonchev–Trinajstić information content (AvgIpc) is 2.32. The van der Waals surface area contributed by atoms with Crippen molar-refractivity contribution in [2.45, 2.75) is 22.8 Å². The molecule has 0 aromatic heterocycles. The third-order valence-electron chi connectivity index (χ3n) is 3.45. The monoisotopic (exact) mass is 434 g/mol. The Morgan fingerprint density at radius 2 is 1.89 bits per heavy atom. The summed E-state index contributed by atoms with van der Waals surface area (Å²) in [6.45, 7) is 0. The summed E-state index contributed by atoms with van der Waals surface area (Å²) in [4.78, 5) is 12.0. The molecule has 1 fully saturated rings. The van der Waals surface area contributed by atoms with Crippen molar-refractivity contribution in [1.82, 2.24) is 0 Å². The summed E-state index contributed by atoms with van der Waals surface area (Å²) >= 11 is 10.5. The van der Waals surface area contributed by atoms with E-state index in [-0.39, 0.29) is 18.0 Å². The normalized spacial score (nSPS) is 34.2. The van der Waals surface area contributed by atoms with Crippen LogP contribution >= 0.6 is 47.8 Å². The lowest BCUT2D eigenvalue weighted by Gasteiger charge is -2.44. The second-order valence-corrected chi connectivity index (χ2v) is 7.67. The van der Waals surface area contributed by atoms with E-state index in [9.17, 15) is 4.79 Å². The smallest absolute Gasteiger partial charge is 0.328 e. The molecular weight excluding hydrogens is 428 g/mol. The lowest BCUT2D eigenvalue weighted by molar-refractivity contribution is -0.155. The van der Waals surface area contributed by atoms with E-state index in [4.69, 9.17) is 4.74 Å². The van der Waals surface area contributed by atoms with Crippen LogP contribution in [0.2, 0.25) is 0 Å². The van der Waals surface area contributed by atoms with Gasteiger partial charge in [0.25, 0.3) is 0 Å². The molecule has 2 nitrogen and oxygen atoms in total. The molecule has 0 N–H and O–H groups in total. The third-order valence-corrected chi connectivity index (χ3v) is 5.82. The first-order chi connectivity index (χ1) is 8.50. The predicted octanol–water partition coefficient (Wildman–Crippen LogP) is 4.27. The Kier molecular flexibility index (Phi) is 3.19. The Hall–Kier alpha value is -0.130. The Bertz CT molecular complexity index is 538. The van der Waals surface area contributed by atoms with E-state index in [0.29, 0.717) is 0 Å². The van der Waals surface area contributed by atoms with Crippen LogP contribution in [0.5, 0.6) is 0 Å². The van der Waals surface area contributed by atoms with E-state index < -0.39 is 4.32 Å². The number of hydrogen-bond donors (Lipinski definition) is 0. The molecular formula is C13H9Br3O2. The fourth-order valence-electron chi connectivity index (χ4n) is 2.49. The number of rotatable bonds is 1. The summed E-state index contributed by atoms with van der Waals surface area (Å²) in [5, 5.41) is 0. The summed E-state index contributed by atoms with van der Waals surface area (Å²) in [5.74, 6) is -0.0898. The standard InChI is InChI=1S/C13H9Br3O2/c14-8-3-1-7(2-4-8)9-5-11-10(15)6-13(9,16)12(17)18-11/h1-4,6,9,11H,5H2/t9-,11+,13-/m1/s1. The molecule has 1 aliphatic carbocycles. The number of carbonyl (C=O) groups is 1. The van der Waals surface area contributed by atoms with Crippen LogP contribution in [0, 0.1) is 0 Å². The van der Waals surface area contributed by atoms with Gasteiger partial charge in [0, 0.05) is 14.9 Å². The molecule has 1 aromatic rings. The molecule has 94 valence electrons. The van der Waals surface area contributed by atoms with Gasteiger partial charge >= 0.3 is 5.97 Å². The van der Waals surface area contributed by atoms with Crippen molar-refractivity contribution in [3.8, 4) is 0 Å². The molecule has 0 saturated carbocycles. The molecule has 1 saturated heterocycles. The van der Waals surface area contributed by atoms with Gasteiger partial charge in [-0.15, -0.1) is 0 Å². The Morgan fingerprint density at radius 3 is 2.56 bits per heavy atom. The van der Waals surface area contributed by atoms with E-state index in [1.807, 2.05) is 30.3 Å². The number of carbonyl (C=O) groups excluding carboxylic acids is 1. The van der Waals surface area contributed by atoms with Crippen LogP contribution in [-0.2, 0) is 9.53 Å². The van der Waals surface area contributed by atoms with Crippen LogP contribution in [0.1, 0.15) is 17.9 Å². The highest BCUT2D eigenvalue weighted by Crippen LogP contribution is 2.52. The number of benzene rings is 1. The Labute approximate surface area is 130 Å². The number of ether oxygens (including phenoxy) is 1. The minimum absolute atomic E-state index is 0.109. The molecule has 0 spiro atoms. The van der Waals surface area contributed by atoms with Crippen molar-refractivity contribution >= 4 is 53.8 Å². The molecule has 2 aliphatic heterocycles. The molecule has 18 heavy (non-hydrogen) atoms.